The summed E-state index contributed by atoms with van der Waals surface area (Å²) in [5, 5.41) is 10.5. The SMILES string of the molecule is COc1ccccc1C(O)c1cccc(C)c1Br. The van der Waals surface area contributed by atoms with Gasteiger partial charge in [0, 0.05) is 10.0 Å². The van der Waals surface area contributed by atoms with E-state index in [-0.39, 0.29) is 0 Å². The van der Waals surface area contributed by atoms with Crippen LogP contribution in [-0.4, -0.2) is 12.2 Å². The monoisotopic (exact) mass is 306 g/mol. The van der Waals surface area contributed by atoms with Gasteiger partial charge in [-0.3, -0.25) is 0 Å². The van der Waals surface area contributed by atoms with Gasteiger partial charge in [-0.05, 0) is 24.1 Å². The molecule has 2 aromatic rings. The summed E-state index contributed by atoms with van der Waals surface area (Å²) in [6.07, 6.45) is -0.699. The number of hydrogen-bond donors (Lipinski definition) is 1. The molecular weight excluding hydrogens is 292 g/mol. The minimum Gasteiger partial charge on any atom is -0.496 e. The predicted octanol–water partition coefficient (Wildman–Crippen LogP) is 3.85. The zero-order valence-electron chi connectivity index (χ0n) is 10.4. The number of rotatable bonds is 3. The minimum atomic E-state index is -0.699. The summed E-state index contributed by atoms with van der Waals surface area (Å²) >= 11 is 3.52. The zero-order chi connectivity index (χ0) is 13.1. The Balaban J connectivity index is 2.48. The van der Waals surface area contributed by atoms with Crippen LogP contribution in [0.25, 0.3) is 0 Å². The second-order valence-corrected chi connectivity index (χ2v) is 4.92. The average Bonchev–Trinajstić information content (AvgIpc) is 2.41. The third-order valence-electron chi connectivity index (χ3n) is 2.95. The maximum absolute atomic E-state index is 10.5. The number of aliphatic hydroxyl groups is 1. The smallest absolute Gasteiger partial charge is 0.125 e. The molecule has 0 aromatic heterocycles. The average molecular weight is 307 g/mol. The summed E-state index contributed by atoms with van der Waals surface area (Å²) in [6, 6.07) is 13.4. The molecule has 18 heavy (non-hydrogen) atoms. The second-order valence-electron chi connectivity index (χ2n) is 4.12. The molecule has 0 radical (unpaired) electrons. The fourth-order valence-corrected chi connectivity index (χ4v) is 2.42. The van der Waals surface area contributed by atoms with Crippen LogP contribution in [0.2, 0.25) is 0 Å². The number of hydrogen-bond acceptors (Lipinski definition) is 2. The molecule has 0 aliphatic heterocycles. The van der Waals surface area contributed by atoms with Gasteiger partial charge in [0.1, 0.15) is 11.9 Å². The van der Waals surface area contributed by atoms with E-state index in [0.717, 1.165) is 21.2 Å². The van der Waals surface area contributed by atoms with E-state index in [4.69, 9.17) is 4.74 Å². The first kappa shape index (κ1) is 13.1. The van der Waals surface area contributed by atoms with Crippen molar-refractivity contribution >= 4 is 15.9 Å². The highest BCUT2D eigenvalue weighted by atomic mass is 79.9. The summed E-state index contributed by atoms with van der Waals surface area (Å²) in [7, 11) is 1.61. The Bertz CT molecular complexity index is 552. The quantitative estimate of drug-likeness (QED) is 0.933. The van der Waals surface area contributed by atoms with Gasteiger partial charge in [-0.2, -0.15) is 0 Å². The van der Waals surface area contributed by atoms with Gasteiger partial charge in [0.25, 0.3) is 0 Å². The lowest BCUT2D eigenvalue weighted by Crippen LogP contribution is -2.03. The van der Waals surface area contributed by atoms with Crippen LogP contribution in [0.5, 0.6) is 5.75 Å². The van der Waals surface area contributed by atoms with Crippen LogP contribution in [0.4, 0.5) is 0 Å². The summed E-state index contributed by atoms with van der Waals surface area (Å²) in [6.45, 7) is 2.00. The highest BCUT2D eigenvalue weighted by molar-refractivity contribution is 9.10. The Hall–Kier alpha value is -1.32. The molecule has 1 unspecified atom stereocenters. The zero-order valence-corrected chi connectivity index (χ0v) is 11.9. The largest absolute Gasteiger partial charge is 0.496 e. The first-order valence-electron chi connectivity index (χ1n) is 5.71. The topological polar surface area (TPSA) is 29.5 Å². The van der Waals surface area contributed by atoms with Gasteiger partial charge >= 0.3 is 0 Å². The molecule has 0 aliphatic rings. The standard InChI is InChI=1S/C15H15BrO2/c1-10-6-5-8-12(14(10)16)15(17)11-7-3-4-9-13(11)18-2/h3-9,15,17H,1-2H3. The van der Waals surface area contributed by atoms with Crippen LogP contribution in [-0.2, 0) is 0 Å². The molecule has 0 fully saturated rings. The van der Waals surface area contributed by atoms with Crippen LogP contribution in [0.3, 0.4) is 0 Å². The van der Waals surface area contributed by atoms with Crippen molar-refractivity contribution in [2.24, 2.45) is 0 Å². The Morgan fingerprint density at radius 3 is 2.44 bits per heavy atom. The molecule has 2 rings (SSSR count). The van der Waals surface area contributed by atoms with Crippen LogP contribution >= 0.6 is 15.9 Å². The molecule has 0 spiro atoms. The minimum absolute atomic E-state index is 0.693. The third kappa shape index (κ3) is 2.42. The molecule has 0 amide bonds. The lowest BCUT2D eigenvalue weighted by Gasteiger charge is -2.17. The first-order valence-corrected chi connectivity index (χ1v) is 6.50. The number of ether oxygens (including phenoxy) is 1. The predicted molar refractivity (Wildman–Crippen MR) is 75.9 cm³/mol. The van der Waals surface area contributed by atoms with Crippen molar-refractivity contribution in [3.63, 3.8) is 0 Å². The molecule has 0 saturated carbocycles. The van der Waals surface area contributed by atoms with Crippen molar-refractivity contribution < 1.29 is 9.84 Å². The lowest BCUT2D eigenvalue weighted by molar-refractivity contribution is 0.214. The first-order chi connectivity index (χ1) is 8.65. The molecule has 0 aliphatic carbocycles. The molecule has 1 atom stereocenters. The lowest BCUT2D eigenvalue weighted by atomic mass is 9.99. The Kier molecular flexibility index (Phi) is 4.04. The number of aryl methyl sites for hydroxylation is 1. The molecule has 3 heteroatoms. The van der Waals surface area contributed by atoms with E-state index in [1.165, 1.54) is 0 Å². The summed E-state index contributed by atoms with van der Waals surface area (Å²) < 4.78 is 6.22. The van der Waals surface area contributed by atoms with Crippen LogP contribution < -0.4 is 4.74 Å². The van der Waals surface area contributed by atoms with E-state index in [1.54, 1.807) is 7.11 Å². The van der Waals surface area contributed by atoms with E-state index in [9.17, 15) is 5.11 Å². The number of benzene rings is 2. The van der Waals surface area contributed by atoms with E-state index >= 15 is 0 Å². The summed E-state index contributed by atoms with van der Waals surface area (Å²) in [4.78, 5) is 0. The summed E-state index contributed by atoms with van der Waals surface area (Å²) in [5.74, 6) is 0.693. The van der Waals surface area contributed by atoms with Gasteiger partial charge in [0.2, 0.25) is 0 Å². The van der Waals surface area contributed by atoms with Gasteiger partial charge < -0.3 is 9.84 Å². The van der Waals surface area contributed by atoms with Crippen LogP contribution in [0, 0.1) is 6.92 Å². The van der Waals surface area contributed by atoms with E-state index in [1.807, 2.05) is 49.4 Å². The van der Waals surface area contributed by atoms with Crippen molar-refractivity contribution in [1.29, 1.82) is 0 Å². The molecule has 0 bridgehead atoms. The highest BCUT2D eigenvalue weighted by Crippen LogP contribution is 2.34. The molecule has 94 valence electrons. The molecular formula is C15H15BrO2. The van der Waals surface area contributed by atoms with Gasteiger partial charge in [0.05, 0.1) is 7.11 Å². The van der Waals surface area contributed by atoms with Gasteiger partial charge in [0.15, 0.2) is 0 Å². The maximum atomic E-state index is 10.5. The number of methoxy groups -OCH3 is 1. The van der Waals surface area contributed by atoms with Gasteiger partial charge in [-0.15, -0.1) is 0 Å². The van der Waals surface area contributed by atoms with E-state index in [0.29, 0.717) is 5.75 Å². The summed E-state index contributed by atoms with van der Waals surface area (Å²) in [5.41, 5.74) is 2.72. The van der Waals surface area contributed by atoms with Crippen LogP contribution in [0.1, 0.15) is 22.8 Å². The van der Waals surface area contributed by atoms with Crippen molar-refractivity contribution in [3.8, 4) is 5.75 Å². The van der Waals surface area contributed by atoms with Crippen molar-refractivity contribution in [2.75, 3.05) is 7.11 Å². The molecule has 0 heterocycles. The Labute approximate surface area is 115 Å². The number of aliphatic hydroxyl groups excluding tert-OH is 1. The maximum Gasteiger partial charge on any atom is 0.125 e. The van der Waals surface area contributed by atoms with Crippen molar-refractivity contribution in [1.82, 2.24) is 0 Å². The Morgan fingerprint density at radius 2 is 1.72 bits per heavy atom. The molecule has 2 aromatic carbocycles. The fraction of sp³-hybridized carbons (Fsp3) is 0.200. The van der Waals surface area contributed by atoms with E-state index < -0.39 is 6.10 Å². The van der Waals surface area contributed by atoms with Crippen molar-refractivity contribution in [2.45, 2.75) is 13.0 Å². The van der Waals surface area contributed by atoms with Crippen molar-refractivity contribution in [3.05, 3.63) is 63.6 Å². The van der Waals surface area contributed by atoms with Gasteiger partial charge in [-0.25, -0.2) is 0 Å². The molecule has 2 nitrogen and oxygen atoms in total. The third-order valence-corrected chi connectivity index (χ3v) is 4.03. The Morgan fingerprint density at radius 1 is 1.06 bits per heavy atom. The second kappa shape index (κ2) is 5.55. The van der Waals surface area contributed by atoms with Gasteiger partial charge in [-0.1, -0.05) is 52.3 Å². The number of para-hydroxylation sites is 1. The van der Waals surface area contributed by atoms with Crippen LogP contribution in [0.15, 0.2) is 46.9 Å². The molecule has 0 saturated heterocycles. The molecule has 1 N–H and O–H groups in total. The highest BCUT2D eigenvalue weighted by Gasteiger charge is 2.17. The normalized spacial score (nSPS) is 12.2. The fourth-order valence-electron chi connectivity index (χ4n) is 1.94. The van der Waals surface area contributed by atoms with E-state index in [2.05, 4.69) is 15.9 Å². The number of halogens is 1.